The molecule has 0 bridgehead atoms. The number of carbonyl (C=O) groups excluding carboxylic acids is 2. The number of piperidine rings is 1. The van der Waals surface area contributed by atoms with Gasteiger partial charge in [0.05, 0.1) is 10.9 Å². The van der Waals surface area contributed by atoms with Crippen molar-refractivity contribution in [2.24, 2.45) is 5.73 Å². The summed E-state index contributed by atoms with van der Waals surface area (Å²) in [6.07, 6.45) is 1.60. The summed E-state index contributed by atoms with van der Waals surface area (Å²) in [6.45, 7) is 4.66. The molecule has 8 nitrogen and oxygen atoms in total. The predicted molar refractivity (Wildman–Crippen MR) is 141 cm³/mol. The molecule has 3 aromatic carbocycles. The summed E-state index contributed by atoms with van der Waals surface area (Å²) in [7, 11) is -3.84. The number of benzene rings is 3. The fraction of sp³-hybridized carbons (Fsp3) is 0.333. The van der Waals surface area contributed by atoms with Crippen LogP contribution in [0, 0.1) is 6.92 Å². The molecule has 4 N–H and O–H groups in total. The Hall–Kier alpha value is -3.27. The first kappa shape index (κ1) is 25.8. The third kappa shape index (κ3) is 5.43. The lowest BCUT2D eigenvalue weighted by atomic mass is 10.0. The van der Waals surface area contributed by atoms with Crippen molar-refractivity contribution in [3.8, 4) is 0 Å². The molecule has 1 heterocycles. The molecule has 0 saturated carbocycles. The van der Waals surface area contributed by atoms with Crippen LogP contribution in [0.5, 0.6) is 0 Å². The quantitative estimate of drug-likeness (QED) is 0.452. The smallest absolute Gasteiger partial charge is 0.255 e. The molecule has 2 amide bonds. The van der Waals surface area contributed by atoms with E-state index in [1.807, 2.05) is 32.0 Å². The molecule has 3 aromatic rings. The van der Waals surface area contributed by atoms with Gasteiger partial charge in [-0.15, -0.1) is 0 Å². The van der Waals surface area contributed by atoms with E-state index < -0.39 is 16.1 Å². The number of nitrogens with zero attached hydrogens (tertiary/aromatic N) is 1. The molecule has 0 aromatic heterocycles. The molecule has 1 atom stereocenters. The lowest BCUT2D eigenvalue weighted by Crippen LogP contribution is -2.50. The van der Waals surface area contributed by atoms with Gasteiger partial charge in [0.15, 0.2) is 0 Å². The molecule has 0 aliphatic carbocycles. The Morgan fingerprint density at radius 3 is 2.31 bits per heavy atom. The number of rotatable bonds is 7. The minimum Gasteiger partial charge on any atom is -0.341 e. The highest BCUT2D eigenvalue weighted by Gasteiger charge is 2.29. The van der Waals surface area contributed by atoms with Gasteiger partial charge in [0.1, 0.15) is 0 Å². The van der Waals surface area contributed by atoms with Gasteiger partial charge in [0, 0.05) is 41.2 Å². The Bertz CT molecular complexity index is 1380. The molecule has 0 radical (unpaired) electrons. The summed E-state index contributed by atoms with van der Waals surface area (Å²) in [5.41, 5.74) is 7.82. The number of aryl methyl sites for hydroxylation is 1. The van der Waals surface area contributed by atoms with Crippen molar-refractivity contribution >= 4 is 38.3 Å². The van der Waals surface area contributed by atoms with Crippen molar-refractivity contribution in [3.05, 3.63) is 71.8 Å². The highest BCUT2D eigenvalue weighted by molar-refractivity contribution is 7.89. The van der Waals surface area contributed by atoms with Crippen LogP contribution >= 0.6 is 0 Å². The van der Waals surface area contributed by atoms with Crippen molar-refractivity contribution in [3.63, 3.8) is 0 Å². The van der Waals surface area contributed by atoms with E-state index in [1.54, 1.807) is 41.3 Å². The second kappa shape index (κ2) is 10.8. The van der Waals surface area contributed by atoms with E-state index in [2.05, 4.69) is 10.0 Å². The van der Waals surface area contributed by atoms with Crippen molar-refractivity contribution in [2.45, 2.75) is 50.1 Å². The number of hydrogen-bond donors (Lipinski definition) is 3. The van der Waals surface area contributed by atoms with Crippen LogP contribution in [0.4, 0.5) is 5.69 Å². The molecule has 36 heavy (non-hydrogen) atoms. The molecule has 1 saturated heterocycles. The van der Waals surface area contributed by atoms with E-state index >= 15 is 0 Å². The van der Waals surface area contributed by atoms with Gasteiger partial charge in [-0.3, -0.25) is 9.59 Å². The van der Waals surface area contributed by atoms with E-state index in [9.17, 15) is 18.0 Å². The monoisotopic (exact) mass is 508 g/mol. The van der Waals surface area contributed by atoms with Crippen LogP contribution < -0.4 is 15.8 Å². The average molecular weight is 509 g/mol. The first-order valence-corrected chi connectivity index (χ1v) is 13.6. The summed E-state index contributed by atoms with van der Waals surface area (Å²) in [5, 5.41) is 4.09. The molecular weight excluding hydrogens is 476 g/mol. The Morgan fingerprint density at radius 1 is 1.00 bits per heavy atom. The van der Waals surface area contributed by atoms with Crippen LogP contribution in [0.1, 0.15) is 42.1 Å². The van der Waals surface area contributed by atoms with Crippen molar-refractivity contribution in [1.29, 1.82) is 0 Å². The van der Waals surface area contributed by atoms with Gasteiger partial charge in [-0.05, 0) is 49.9 Å². The molecule has 1 aliphatic rings. The van der Waals surface area contributed by atoms with Gasteiger partial charge in [-0.2, -0.15) is 0 Å². The topological polar surface area (TPSA) is 122 Å². The summed E-state index contributed by atoms with van der Waals surface area (Å²) in [6, 6.07) is 16.8. The van der Waals surface area contributed by atoms with Crippen LogP contribution in [0.25, 0.3) is 10.8 Å². The first-order valence-electron chi connectivity index (χ1n) is 12.2. The Balaban J connectivity index is 1.53. The zero-order chi connectivity index (χ0) is 25.9. The van der Waals surface area contributed by atoms with Gasteiger partial charge in [-0.25, -0.2) is 13.1 Å². The second-order valence-corrected chi connectivity index (χ2v) is 10.8. The number of nitrogens with two attached hydrogens (primary N) is 1. The molecule has 4 rings (SSSR count). The van der Waals surface area contributed by atoms with E-state index in [1.165, 1.54) is 6.07 Å². The molecule has 1 aliphatic heterocycles. The molecule has 9 heteroatoms. The molecule has 0 unspecified atom stereocenters. The molecule has 1 fully saturated rings. The first-order chi connectivity index (χ1) is 17.2. The second-order valence-electron chi connectivity index (χ2n) is 9.16. The van der Waals surface area contributed by atoms with E-state index in [0.717, 1.165) is 5.56 Å². The van der Waals surface area contributed by atoms with Gasteiger partial charge in [0.25, 0.3) is 5.91 Å². The minimum atomic E-state index is -3.84. The third-order valence-electron chi connectivity index (χ3n) is 6.70. The average Bonchev–Trinajstić information content (AvgIpc) is 2.88. The van der Waals surface area contributed by atoms with Gasteiger partial charge in [-0.1, -0.05) is 49.4 Å². The number of fused-ring (bicyclic) bond motifs is 1. The maximum atomic E-state index is 13.4. The largest absolute Gasteiger partial charge is 0.341 e. The summed E-state index contributed by atoms with van der Waals surface area (Å²) in [4.78, 5) is 27.1. The Morgan fingerprint density at radius 2 is 1.64 bits per heavy atom. The maximum Gasteiger partial charge on any atom is 0.255 e. The Kier molecular flexibility index (Phi) is 7.73. The molecule has 0 spiro atoms. The lowest BCUT2D eigenvalue weighted by Gasteiger charge is -2.33. The SMILES string of the molecule is CC[C@H](N)C(=O)N1CCC(NS(=O)(=O)c2ccc(NC(=O)c3ccccc3C)c3ccccc23)CC1. The van der Waals surface area contributed by atoms with E-state index in [-0.39, 0.29) is 22.8 Å². The number of nitrogens with one attached hydrogen (secondary N) is 2. The van der Waals surface area contributed by atoms with Gasteiger partial charge >= 0.3 is 0 Å². The van der Waals surface area contributed by atoms with E-state index in [0.29, 0.717) is 54.4 Å². The normalized spacial score (nSPS) is 15.6. The highest BCUT2D eigenvalue weighted by atomic mass is 32.2. The predicted octanol–water partition coefficient (Wildman–Crippen LogP) is 3.41. The van der Waals surface area contributed by atoms with Gasteiger partial charge in [0.2, 0.25) is 15.9 Å². The van der Waals surface area contributed by atoms with Crippen LogP contribution in [-0.2, 0) is 14.8 Å². The van der Waals surface area contributed by atoms with Crippen molar-refractivity contribution in [2.75, 3.05) is 18.4 Å². The zero-order valence-corrected chi connectivity index (χ0v) is 21.3. The third-order valence-corrected chi connectivity index (χ3v) is 8.28. The fourth-order valence-electron chi connectivity index (χ4n) is 4.54. The van der Waals surface area contributed by atoms with Crippen LogP contribution in [0.15, 0.2) is 65.6 Å². The number of sulfonamides is 1. The fourth-order valence-corrected chi connectivity index (χ4v) is 6.06. The van der Waals surface area contributed by atoms with Crippen LogP contribution in [0.3, 0.4) is 0 Å². The van der Waals surface area contributed by atoms with Gasteiger partial charge < -0.3 is 16.0 Å². The van der Waals surface area contributed by atoms with Crippen molar-refractivity contribution < 1.29 is 18.0 Å². The number of carbonyl (C=O) groups is 2. The lowest BCUT2D eigenvalue weighted by molar-refractivity contribution is -0.133. The maximum absolute atomic E-state index is 13.4. The molecule has 190 valence electrons. The number of likely N-dealkylation sites (tertiary alicyclic amines) is 1. The zero-order valence-electron chi connectivity index (χ0n) is 20.5. The van der Waals surface area contributed by atoms with E-state index in [4.69, 9.17) is 5.73 Å². The summed E-state index contributed by atoms with van der Waals surface area (Å²) < 4.78 is 29.6. The Labute approximate surface area is 211 Å². The van der Waals surface area contributed by atoms with Crippen LogP contribution in [-0.4, -0.2) is 50.3 Å². The minimum absolute atomic E-state index is 0.0897. The number of hydrogen-bond acceptors (Lipinski definition) is 5. The molecular formula is C27H32N4O4S. The summed E-state index contributed by atoms with van der Waals surface area (Å²) in [5.74, 6) is -0.343. The highest BCUT2D eigenvalue weighted by Crippen LogP contribution is 2.30. The summed E-state index contributed by atoms with van der Waals surface area (Å²) >= 11 is 0. The number of amides is 2. The van der Waals surface area contributed by atoms with Crippen molar-refractivity contribution in [1.82, 2.24) is 9.62 Å². The number of anilines is 1. The standard InChI is InChI=1S/C27H32N4O4S/c1-3-23(28)27(33)31-16-14-19(15-17-31)30-36(34,35)25-13-12-24(21-10-6-7-11-22(21)25)29-26(32)20-9-5-4-8-18(20)2/h4-13,19,23,30H,3,14-17,28H2,1-2H3,(H,29,32)/t23-/m0/s1. The van der Waals surface area contributed by atoms with Crippen LogP contribution in [0.2, 0.25) is 0 Å².